The number of thiophene rings is 1. The molecule has 4 nitrogen and oxygen atoms in total. The van der Waals surface area contributed by atoms with Crippen molar-refractivity contribution in [1.29, 1.82) is 0 Å². The molecule has 0 N–H and O–H groups in total. The minimum atomic E-state index is -3.31. The number of nitrogens with zero attached hydrogens (tertiary/aromatic N) is 2. The van der Waals surface area contributed by atoms with Crippen molar-refractivity contribution in [1.82, 2.24) is 9.21 Å². The van der Waals surface area contributed by atoms with E-state index in [-0.39, 0.29) is 0 Å². The van der Waals surface area contributed by atoms with Gasteiger partial charge in [-0.1, -0.05) is 0 Å². The topological polar surface area (TPSA) is 40.6 Å². The van der Waals surface area contributed by atoms with Crippen molar-refractivity contribution in [2.45, 2.75) is 17.1 Å². The van der Waals surface area contributed by atoms with Crippen LogP contribution in [0.25, 0.3) is 0 Å². The van der Waals surface area contributed by atoms with Crippen molar-refractivity contribution in [3.63, 3.8) is 0 Å². The second-order valence-electron chi connectivity index (χ2n) is 5.20. The minimum Gasteiger partial charge on any atom is -0.300 e. The van der Waals surface area contributed by atoms with E-state index in [1.807, 2.05) is 0 Å². The molecule has 0 unspecified atom stereocenters. The molecular formula is C12H17BrN2O2S2. The van der Waals surface area contributed by atoms with Gasteiger partial charge in [0.05, 0.1) is 0 Å². The quantitative estimate of drug-likeness (QED) is 0.822. The molecule has 2 heterocycles. The SMILES string of the molecule is O=S(=O)(c1sccc1Br)N1CCN(CC2CC2)CC1. The van der Waals surface area contributed by atoms with Crippen LogP contribution in [0.4, 0.5) is 0 Å². The van der Waals surface area contributed by atoms with Crippen molar-refractivity contribution in [3.8, 4) is 0 Å². The lowest BCUT2D eigenvalue weighted by atomic mass is 10.3. The summed E-state index contributed by atoms with van der Waals surface area (Å²) in [5.41, 5.74) is 0. The smallest absolute Gasteiger partial charge is 0.253 e. The summed E-state index contributed by atoms with van der Waals surface area (Å²) >= 11 is 4.60. The molecule has 1 aliphatic heterocycles. The first-order chi connectivity index (χ1) is 9.07. The Kier molecular flexibility index (Phi) is 4.01. The van der Waals surface area contributed by atoms with E-state index < -0.39 is 10.0 Å². The number of rotatable bonds is 4. The van der Waals surface area contributed by atoms with Crippen LogP contribution in [0.3, 0.4) is 0 Å². The predicted molar refractivity (Wildman–Crippen MR) is 79.9 cm³/mol. The Hall–Kier alpha value is 0.0500. The highest BCUT2D eigenvalue weighted by molar-refractivity contribution is 9.10. The van der Waals surface area contributed by atoms with Gasteiger partial charge in [-0.2, -0.15) is 4.31 Å². The molecule has 0 atom stereocenters. The largest absolute Gasteiger partial charge is 0.300 e. The van der Waals surface area contributed by atoms with Gasteiger partial charge in [-0.05, 0) is 46.1 Å². The Morgan fingerprint density at radius 3 is 2.47 bits per heavy atom. The summed E-state index contributed by atoms with van der Waals surface area (Å²) < 4.78 is 27.7. The van der Waals surface area contributed by atoms with Crippen molar-refractivity contribution in [3.05, 3.63) is 15.9 Å². The first kappa shape index (κ1) is 14.0. The normalized spacial score (nSPS) is 22.8. The van der Waals surface area contributed by atoms with Crippen molar-refractivity contribution in [2.24, 2.45) is 5.92 Å². The van der Waals surface area contributed by atoms with E-state index in [4.69, 9.17) is 0 Å². The third-order valence-corrected chi connectivity index (χ3v) is 8.25. The summed E-state index contributed by atoms with van der Waals surface area (Å²) in [4.78, 5) is 2.40. The lowest BCUT2D eigenvalue weighted by Crippen LogP contribution is -2.48. The zero-order valence-corrected chi connectivity index (χ0v) is 13.8. The van der Waals surface area contributed by atoms with Gasteiger partial charge in [0.2, 0.25) is 0 Å². The van der Waals surface area contributed by atoms with Crippen LogP contribution in [0.15, 0.2) is 20.1 Å². The second kappa shape index (κ2) is 5.44. The standard InChI is InChI=1S/C12H17BrN2O2S2/c13-11-3-8-18-12(11)19(16,17)15-6-4-14(5-7-15)9-10-1-2-10/h3,8,10H,1-2,4-7,9H2. The Morgan fingerprint density at radius 1 is 1.26 bits per heavy atom. The van der Waals surface area contributed by atoms with E-state index in [0.717, 1.165) is 25.6 Å². The molecule has 106 valence electrons. The average Bonchev–Trinajstić information content (AvgIpc) is 3.08. The molecule has 2 fully saturated rings. The van der Waals surface area contributed by atoms with Crippen molar-refractivity contribution in [2.75, 3.05) is 32.7 Å². The highest BCUT2D eigenvalue weighted by Crippen LogP contribution is 2.32. The van der Waals surface area contributed by atoms with Crippen LogP contribution in [-0.2, 0) is 10.0 Å². The molecule has 0 aromatic carbocycles. The van der Waals surface area contributed by atoms with Gasteiger partial charge in [-0.25, -0.2) is 8.42 Å². The Balaban J connectivity index is 1.65. The van der Waals surface area contributed by atoms with Crippen LogP contribution in [0.1, 0.15) is 12.8 Å². The van der Waals surface area contributed by atoms with Gasteiger partial charge >= 0.3 is 0 Å². The van der Waals surface area contributed by atoms with E-state index in [9.17, 15) is 8.42 Å². The van der Waals surface area contributed by atoms with Gasteiger partial charge in [-0.15, -0.1) is 11.3 Å². The van der Waals surface area contributed by atoms with Gasteiger partial charge in [0, 0.05) is 37.2 Å². The molecule has 0 radical (unpaired) electrons. The highest BCUT2D eigenvalue weighted by Gasteiger charge is 2.32. The number of sulfonamides is 1. The molecule has 1 saturated heterocycles. The summed E-state index contributed by atoms with van der Waals surface area (Å²) in [5, 5.41) is 1.81. The Morgan fingerprint density at radius 2 is 1.95 bits per heavy atom. The number of hydrogen-bond acceptors (Lipinski definition) is 4. The third kappa shape index (κ3) is 3.05. The predicted octanol–water partition coefficient (Wildman–Crippen LogP) is 2.23. The van der Waals surface area contributed by atoms with Crippen LogP contribution in [-0.4, -0.2) is 50.3 Å². The van der Waals surface area contributed by atoms with Crippen LogP contribution < -0.4 is 0 Å². The maximum Gasteiger partial charge on any atom is 0.253 e. The zero-order valence-electron chi connectivity index (χ0n) is 10.6. The van der Waals surface area contributed by atoms with E-state index in [1.165, 1.54) is 24.2 Å². The average molecular weight is 365 g/mol. The molecule has 0 bridgehead atoms. The molecule has 1 aliphatic carbocycles. The number of piperazine rings is 1. The van der Waals surface area contributed by atoms with E-state index >= 15 is 0 Å². The first-order valence-electron chi connectivity index (χ1n) is 6.53. The molecule has 3 rings (SSSR count). The fourth-order valence-corrected chi connectivity index (χ4v) is 6.27. The third-order valence-electron chi connectivity index (χ3n) is 3.70. The van der Waals surface area contributed by atoms with E-state index in [1.54, 1.807) is 15.8 Å². The minimum absolute atomic E-state index is 0.433. The summed E-state index contributed by atoms with van der Waals surface area (Å²) in [5.74, 6) is 0.870. The van der Waals surface area contributed by atoms with Crippen molar-refractivity contribution >= 4 is 37.3 Å². The number of halogens is 1. The molecule has 19 heavy (non-hydrogen) atoms. The number of hydrogen-bond donors (Lipinski definition) is 0. The highest BCUT2D eigenvalue weighted by atomic mass is 79.9. The zero-order chi connectivity index (χ0) is 13.5. The molecule has 1 aromatic heterocycles. The van der Waals surface area contributed by atoms with Gasteiger partial charge in [-0.3, -0.25) is 0 Å². The van der Waals surface area contributed by atoms with Gasteiger partial charge in [0.1, 0.15) is 4.21 Å². The molecule has 2 aliphatic rings. The van der Waals surface area contributed by atoms with Crippen LogP contribution in [0, 0.1) is 5.92 Å². The molecule has 0 amide bonds. The second-order valence-corrected chi connectivity index (χ2v) is 9.11. The van der Waals surface area contributed by atoms with Crippen molar-refractivity contribution < 1.29 is 8.42 Å². The van der Waals surface area contributed by atoms with Crippen LogP contribution in [0.5, 0.6) is 0 Å². The maximum atomic E-state index is 12.5. The van der Waals surface area contributed by atoms with Crippen LogP contribution in [0.2, 0.25) is 0 Å². The Labute approximate surface area is 126 Å². The first-order valence-corrected chi connectivity index (χ1v) is 9.64. The summed E-state index contributed by atoms with van der Waals surface area (Å²) in [6, 6.07) is 1.79. The monoisotopic (exact) mass is 364 g/mol. The summed E-state index contributed by atoms with van der Waals surface area (Å²) in [6.07, 6.45) is 2.70. The van der Waals surface area contributed by atoms with Gasteiger partial charge in [0.15, 0.2) is 0 Å². The lowest BCUT2D eigenvalue weighted by molar-refractivity contribution is 0.182. The lowest BCUT2D eigenvalue weighted by Gasteiger charge is -2.33. The fourth-order valence-electron chi connectivity index (χ4n) is 2.40. The van der Waals surface area contributed by atoms with Gasteiger partial charge in [0.25, 0.3) is 10.0 Å². The molecule has 1 saturated carbocycles. The molecule has 0 spiro atoms. The Bertz CT molecular complexity index is 546. The molecular weight excluding hydrogens is 348 g/mol. The molecule has 7 heteroatoms. The summed E-state index contributed by atoms with van der Waals surface area (Å²) in [6.45, 7) is 4.09. The molecule has 1 aromatic rings. The van der Waals surface area contributed by atoms with Crippen LogP contribution >= 0.6 is 27.3 Å². The van der Waals surface area contributed by atoms with Gasteiger partial charge < -0.3 is 4.90 Å². The fraction of sp³-hybridized carbons (Fsp3) is 0.667. The van der Waals surface area contributed by atoms with E-state index in [2.05, 4.69) is 20.8 Å². The van der Waals surface area contributed by atoms with E-state index in [0.29, 0.717) is 21.8 Å². The maximum absolute atomic E-state index is 12.5. The summed E-state index contributed by atoms with van der Waals surface area (Å²) in [7, 11) is -3.31.